The zero-order valence-corrected chi connectivity index (χ0v) is 15.6. The number of hydrogen-bond acceptors (Lipinski definition) is 3. The van der Waals surface area contributed by atoms with Gasteiger partial charge in [0.1, 0.15) is 0 Å². The van der Waals surface area contributed by atoms with Crippen molar-refractivity contribution in [2.45, 2.75) is 58.4 Å². The van der Waals surface area contributed by atoms with Gasteiger partial charge in [0.05, 0.1) is 11.7 Å². The van der Waals surface area contributed by atoms with Crippen molar-refractivity contribution < 1.29 is 9.59 Å². The van der Waals surface area contributed by atoms with Gasteiger partial charge < -0.3 is 10.2 Å². The molecule has 0 bridgehead atoms. The average Bonchev–Trinajstić information content (AvgIpc) is 3.23. The van der Waals surface area contributed by atoms with E-state index in [9.17, 15) is 9.59 Å². The fourth-order valence-corrected chi connectivity index (χ4v) is 4.35. The van der Waals surface area contributed by atoms with Gasteiger partial charge in [-0.05, 0) is 39.5 Å². The zero-order chi connectivity index (χ0) is 18.0. The highest BCUT2D eigenvalue weighted by atomic mass is 16.2. The quantitative estimate of drug-likeness (QED) is 0.910. The smallest absolute Gasteiger partial charge is 0.226 e. The van der Waals surface area contributed by atoms with E-state index in [1.165, 1.54) is 0 Å². The van der Waals surface area contributed by atoms with Crippen LogP contribution in [0.3, 0.4) is 0 Å². The number of carbonyl (C=O) groups is 2. The van der Waals surface area contributed by atoms with Crippen molar-refractivity contribution in [3.63, 3.8) is 0 Å². The predicted octanol–water partition coefficient (Wildman–Crippen LogP) is 2.33. The largest absolute Gasteiger partial charge is 0.349 e. The number of aryl methyl sites for hydroxylation is 2. The van der Waals surface area contributed by atoms with E-state index < -0.39 is 0 Å². The van der Waals surface area contributed by atoms with Gasteiger partial charge in [-0.3, -0.25) is 14.3 Å². The van der Waals surface area contributed by atoms with Crippen molar-refractivity contribution in [2.24, 2.45) is 18.9 Å². The molecule has 3 atom stereocenters. The summed E-state index contributed by atoms with van der Waals surface area (Å²) in [4.78, 5) is 27.7. The van der Waals surface area contributed by atoms with Crippen LogP contribution in [0, 0.1) is 18.8 Å². The predicted molar refractivity (Wildman–Crippen MR) is 95.8 cm³/mol. The van der Waals surface area contributed by atoms with E-state index in [0.29, 0.717) is 0 Å². The van der Waals surface area contributed by atoms with E-state index in [4.69, 9.17) is 0 Å². The summed E-state index contributed by atoms with van der Waals surface area (Å²) in [6.07, 6.45) is 7.86. The molecule has 3 unspecified atom stereocenters. The summed E-state index contributed by atoms with van der Waals surface area (Å²) in [6.45, 7) is 5.66. The monoisotopic (exact) mass is 346 g/mol. The van der Waals surface area contributed by atoms with Crippen molar-refractivity contribution in [1.82, 2.24) is 20.0 Å². The minimum Gasteiger partial charge on any atom is -0.349 e. The highest BCUT2D eigenvalue weighted by Gasteiger charge is 2.38. The second-order valence-corrected chi connectivity index (χ2v) is 7.60. The third-order valence-electron chi connectivity index (χ3n) is 5.71. The Morgan fingerprint density at radius 2 is 1.80 bits per heavy atom. The van der Waals surface area contributed by atoms with Gasteiger partial charge in [-0.15, -0.1) is 0 Å². The average molecular weight is 346 g/mol. The maximum atomic E-state index is 12.9. The fourth-order valence-electron chi connectivity index (χ4n) is 4.35. The molecule has 0 radical (unpaired) electrons. The molecule has 6 nitrogen and oxygen atoms in total. The first-order valence-corrected chi connectivity index (χ1v) is 9.56. The second kappa shape index (κ2) is 7.58. The van der Waals surface area contributed by atoms with Crippen LogP contribution in [-0.2, 0) is 16.6 Å². The zero-order valence-electron chi connectivity index (χ0n) is 15.6. The highest BCUT2D eigenvalue weighted by Crippen LogP contribution is 2.33. The van der Waals surface area contributed by atoms with E-state index in [1.807, 2.05) is 32.0 Å². The highest BCUT2D eigenvalue weighted by molar-refractivity contribution is 5.88. The van der Waals surface area contributed by atoms with Gasteiger partial charge >= 0.3 is 0 Å². The van der Waals surface area contributed by atoms with Gasteiger partial charge in [0.25, 0.3) is 0 Å². The molecule has 2 heterocycles. The molecule has 6 heteroatoms. The molecule has 138 valence electrons. The maximum absolute atomic E-state index is 12.9. The molecule has 1 saturated heterocycles. The molecular formula is C19H30N4O2. The van der Waals surface area contributed by atoms with Crippen LogP contribution in [0.2, 0.25) is 0 Å². The number of amides is 2. The lowest BCUT2D eigenvalue weighted by Gasteiger charge is -2.33. The summed E-state index contributed by atoms with van der Waals surface area (Å²) in [5.41, 5.74) is 1.97. The summed E-state index contributed by atoms with van der Waals surface area (Å²) in [6, 6.07) is -0.0920. The van der Waals surface area contributed by atoms with Crippen LogP contribution in [0.5, 0.6) is 0 Å². The number of carbonyl (C=O) groups excluding carboxylic acids is 2. The molecule has 1 aliphatic heterocycles. The Bertz CT molecular complexity index is 633. The number of nitrogens with one attached hydrogen (secondary N) is 1. The Morgan fingerprint density at radius 3 is 2.40 bits per heavy atom. The Kier molecular flexibility index (Phi) is 5.45. The first-order chi connectivity index (χ1) is 12.0. The van der Waals surface area contributed by atoms with E-state index in [2.05, 4.69) is 10.4 Å². The normalized spacial score (nSPS) is 25.0. The number of likely N-dealkylation sites (tertiary alicyclic amines) is 1. The molecule has 1 N–H and O–H groups in total. The summed E-state index contributed by atoms with van der Waals surface area (Å²) >= 11 is 0. The van der Waals surface area contributed by atoms with Gasteiger partial charge in [0, 0.05) is 43.7 Å². The van der Waals surface area contributed by atoms with E-state index >= 15 is 0 Å². The number of nitrogens with zero attached hydrogens (tertiary/aromatic N) is 3. The summed E-state index contributed by atoms with van der Waals surface area (Å²) < 4.78 is 1.77. The maximum Gasteiger partial charge on any atom is 0.226 e. The fraction of sp³-hybridized carbons (Fsp3) is 0.737. The van der Waals surface area contributed by atoms with Crippen molar-refractivity contribution in [2.75, 3.05) is 13.1 Å². The van der Waals surface area contributed by atoms with Crippen molar-refractivity contribution >= 4 is 11.8 Å². The standard InChI is InChI=1S/C19H30N4O2/c1-13(17-12-22(3)21-14(17)2)20-18(24)15-8-4-5-9-16(15)19(25)23-10-6-7-11-23/h12-13,15-16H,4-11H2,1-3H3,(H,20,24). The summed E-state index contributed by atoms with van der Waals surface area (Å²) in [5, 5.41) is 7.48. The molecule has 1 aromatic heterocycles. The van der Waals surface area contributed by atoms with Crippen LogP contribution >= 0.6 is 0 Å². The molecule has 1 aromatic rings. The van der Waals surface area contributed by atoms with Crippen LogP contribution < -0.4 is 5.32 Å². The molecule has 25 heavy (non-hydrogen) atoms. The minimum absolute atomic E-state index is 0.0213. The van der Waals surface area contributed by atoms with Crippen LogP contribution in [-0.4, -0.2) is 39.6 Å². The molecule has 0 aromatic carbocycles. The van der Waals surface area contributed by atoms with Gasteiger partial charge in [0.15, 0.2) is 0 Å². The molecule has 0 spiro atoms. The van der Waals surface area contributed by atoms with Crippen LogP contribution in [0.15, 0.2) is 6.20 Å². The molecular weight excluding hydrogens is 316 g/mol. The number of hydrogen-bond donors (Lipinski definition) is 1. The van der Waals surface area contributed by atoms with Crippen LogP contribution in [0.4, 0.5) is 0 Å². The Labute approximate surface area is 149 Å². The van der Waals surface area contributed by atoms with Crippen molar-refractivity contribution in [3.8, 4) is 0 Å². The van der Waals surface area contributed by atoms with E-state index in [0.717, 1.165) is 62.9 Å². The molecule has 2 amide bonds. The lowest BCUT2D eigenvalue weighted by atomic mass is 9.77. The summed E-state index contributed by atoms with van der Waals surface area (Å²) in [7, 11) is 1.89. The third-order valence-corrected chi connectivity index (χ3v) is 5.71. The number of rotatable bonds is 4. The first kappa shape index (κ1) is 18.0. The van der Waals surface area contributed by atoms with Crippen molar-refractivity contribution in [3.05, 3.63) is 17.5 Å². The minimum atomic E-state index is -0.193. The van der Waals surface area contributed by atoms with E-state index in [-0.39, 0.29) is 29.7 Å². The molecule has 2 aliphatic rings. The van der Waals surface area contributed by atoms with Crippen LogP contribution in [0.25, 0.3) is 0 Å². The second-order valence-electron chi connectivity index (χ2n) is 7.60. The topological polar surface area (TPSA) is 67.2 Å². The van der Waals surface area contributed by atoms with Gasteiger partial charge in [-0.2, -0.15) is 5.10 Å². The third kappa shape index (κ3) is 3.88. The van der Waals surface area contributed by atoms with Gasteiger partial charge in [0.2, 0.25) is 11.8 Å². The molecule has 1 saturated carbocycles. The van der Waals surface area contributed by atoms with E-state index in [1.54, 1.807) is 4.68 Å². The molecule has 2 fully saturated rings. The lowest BCUT2D eigenvalue weighted by molar-refractivity contribution is -0.143. The van der Waals surface area contributed by atoms with Gasteiger partial charge in [-0.25, -0.2) is 0 Å². The van der Waals surface area contributed by atoms with Crippen molar-refractivity contribution in [1.29, 1.82) is 0 Å². The number of aromatic nitrogens is 2. The Hall–Kier alpha value is -1.85. The summed E-state index contributed by atoms with van der Waals surface area (Å²) in [5.74, 6) is -0.120. The molecule has 3 rings (SSSR count). The Morgan fingerprint density at radius 1 is 1.16 bits per heavy atom. The first-order valence-electron chi connectivity index (χ1n) is 9.56. The SMILES string of the molecule is Cc1nn(C)cc1C(C)NC(=O)C1CCCCC1C(=O)N1CCCC1. The Balaban J connectivity index is 1.68. The lowest BCUT2D eigenvalue weighted by Crippen LogP contribution is -2.45. The molecule has 1 aliphatic carbocycles. The van der Waals surface area contributed by atoms with Gasteiger partial charge in [-0.1, -0.05) is 12.8 Å². The van der Waals surface area contributed by atoms with Crippen LogP contribution in [0.1, 0.15) is 62.7 Å².